The molecule has 1 aliphatic rings. The molecule has 0 aromatic carbocycles. The topological polar surface area (TPSA) is 42.4 Å². The molecule has 1 fully saturated rings. The van der Waals surface area contributed by atoms with Gasteiger partial charge in [0.1, 0.15) is 17.0 Å². The second-order valence-electron chi connectivity index (χ2n) is 6.82. The third-order valence-electron chi connectivity index (χ3n) is 3.57. The minimum Gasteiger partial charge on any atom is -0.456 e. The number of esters is 1. The second-order valence-corrected chi connectivity index (χ2v) is 7.22. The number of carbonyl (C=O) groups excluding carboxylic acids is 1. The normalized spacial score (nSPS) is 18.2. The van der Waals surface area contributed by atoms with Crippen molar-refractivity contribution in [1.29, 1.82) is 0 Å². The van der Waals surface area contributed by atoms with Crippen LogP contribution in [0.2, 0.25) is 5.02 Å². The van der Waals surface area contributed by atoms with Gasteiger partial charge >= 0.3 is 5.97 Å². The van der Waals surface area contributed by atoms with Crippen LogP contribution in [-0.2, 0) is 4.74 Å². The van der Waals surface area contributed by atoms with E-state index in [-0.39, 0.29) is 43.2 Å². The van der Waals surface area contributed by atoms with E-state index in [0.29, 0.717) is 0 Å². The maximum absolute atomic E-state index is 14.4. The molecule has 8 heteroatoms. The number of alkyl halides is 2. The van der Waals surface area contributed by atoms with Crippen LogP contribution >= 0.6 is 11.6 Å². The monoisotopic (exact) mass is 364 g/mol. The molecule has 0 N–H and O–H groups in total. The molecular formula is C16H20ClF3N2O2. The number of hydrogen-bond acceptors (Lipinski definition) is 4. The Kier molecular flexibility index (Phi) is 5.32. The van der Waals surface area contributed by atoms with Crippen LogP contribution in [0.5, 0.6) is 0 Å². The lowest BCUT2D eigenvalue weighted by molar-refractivity contribution is -0.0102. The molecule has 0 saturated carbocycles. The third kappa shape index (κ3) is 4.53. The van der Waals surface area contributed by atoms with Gasteiger partial charge in [-0.1, -0.05) is 11.6 Å². The summed E-state index contributed by atoms with van der Waals surface area (Å²) in [5, 5.41) is -0.320. The van der Waals surface area contributed by atoms with Gasteiger partial charge in [0.15, 0.2) is 5.82 Å². The summed E-state index contributed by atoms with van der Waals surface area (Å²) < 4.78 is 46.7. The molecule has 0 aliphatic carbocycles. The summed E-state index contributed by atoms with van der Waals surface area (Å²) in [5.74, 6) is -4.65. The highest BCUT2D eigenvalue weighted by Gasteiger charge is 2.34. The van der Waals surface area contributed by atoms with E-state index < -0.39 is 28.9 Å². The number of rotatable bonds is 2. The average Bonchev–Trinajstić information content (AvgIpc) is 2.60. The van der Waals surface area contributed by atoms with Crippen LogP contribution in [0.25, 0.3) is 0 Å². The summed E-state index contributed by atoms with van der Waals surface area (Å²) in [6.45, 7) is 5.16. The van der Waals surface area contributed by atoms with Crippen molar-refractivity contribution in [3.63, 3.8) is 0 Å². The Morgan fingerprint density at radius 1 is 1.33 bits per heavy atom. The van der Waals surface area contributed by atoms with Crippen molar-refractivity contribution in [3.05, 3.63) is 22.6 Å². The van der Waals surface area contributed by atoms with Crippen molar-refractivity contribution < 1.29 is 22.7 Å². The van der Waals surface area contributed by atoms with Crippen LogP contribution in [0.4, 0.5) is 19.0 Å². The van der Waals surface area contributed by atoms with Gasteiger partial charge in [-0.05, 0) is 27.2 Å². The zero-order valence-corrected chi connectivity index (χ0v) is 14.6. The van der Waals surface area contributed by atoms with Crippen molar-refractivity contribution in [1.82, 2.24) is 4.98 Å². The lowest BCUT2D eigenvalue weighted by Gasteiger charge is -2.26. The van der Waals surface area contributed by atoms with E-state index in [0.717, 1.165) is 6.20 Å². The molecule has 0 amide bonds. The van der Waals surface area contributed by atoms with Gasteiger partial charge in [0.2, 0.25) is 5.92 Å². The first kappa shape index (κ1) is 18.8. The molecule has 0 bridgehead atoms. The van der Waals surface area contributed by atoms with E-state index in [1.54, 1.807) is 20.8 Å². The standard InChI is InChI=1S/C16H20ClF3N2O2/c1-15(2,3)24-14(23)11-12(18)10(17)9-21-13(11)22-7-4-5-16(19,20)6-8-22/h9H,4-8H2,1-3H3. The number of nitrogens with zero attached hydrogens (tertiary/aromatic N) is 2. The van der Waals surface area contributed by atoms with Crippen LogP contribution in [-0.4, -0.2) is 35.6 Å². The zero-order chi connectivity index (χ0) is 18.1. The summed E-state index contributed by atoms with van der Waals surface area (Å²) in [6, 6.07) is 0. The maximum atomic E-state index is 14.4. The van der Waals surface area contributed by atoms with Crippen LogP contribution in [0, 0.1) is 5.82 Å². The van der Waals surface area contributed by atoms with Gasteiger partial charge in [0.05, 0.1) is 11.2 Å². The summed E-state index contributed by atoms with van der Waals surface area (Å²) in [6.07, 6.45) is 0.657. The summed E-state index contributed by atoms with van der Waals surface area (Å²) >= 11 is 5.73. The molecule has 0 spiro atoms. The fraction of sp³-hybridized carbons (Fsp3) is 0.625. The fourth-order valence-corrected chi connectivity index (χ4v) is 2.63. The van der Waals surface area contributed by atoms with Crippen molar-refractivity contribution in [2.45, 2.75) is 51.6 Å². The number of anilines is 1. The molecule has 134 valence electrons. The van der Waals surface area contributed by atoms with Crippen molar-refractivity contribution in [3.8, 4) is 0 Å². The lowest BCUT2D eigenvalue weighted by Crippen LogP contribution is -2.31. The molecule has 2 heterocycles. The average molecular weight is 365 g/mol. The Balaban J connectivity index is 2.39. The maximum Gasteiger partial charge on any atom is 0.345 e. The van der Waals surface area contributed by atoms with Crippen LogP contribution < -0.4 is 4.90 Å². The molecule has 4 nitrogen and oxygen atoms in total. The Hall–Kier alpha value is -1.50. The number of hydrogen-bond donors (Lipinski definition) is 0. The van der Waals surface area contributed by atoms with Gasteiger partial charge in [-0.25, -0.2) is 22.9 Å². The van der Waals surface area contributed by atoms with Gasteiger partial charge in [-0.3, -0.25) is 0 Å². The molecule has 1 aromatic rings. The fourth-order valence-electron chi connectivity index (χ4n) is 2.48. The molecule has 0 atom stereocenters. The highest BCUT2D eigenvalue weighted by Crippen LogP contribution is 2.33. The highest BCUT2D eigenvalue weighted by atomic mass is 35.5. The largest absolute Gasteiger partial charge is 0.456 e. The third-order valence-corrected chi connectivity index (χ3v) is 3.84. The van der Waals surface area contributed by atoms with Crippen molar-refractivity contribution >= 4 is 23.4 Å². The summed E-state index contributed by atoms with van der Waals surface area (Å²) in [4.78, 5) is 17.9. The lowest BCUT2D eigenvalue weighted by atomic mass is 10.1. The summed E-state index contributed by atoms with van der Waals surface area (Å²) in [7, 11) is 0. The zero-order valence-electron chi connectivity index (χ0n) is 13.8. The number of halogens is 4. The molecule has 0 radical (unpaired) electrons. The van der Waals surface area contributed by atoms with Crippen molar-refractivity contribution in [2.75, 3.05) is 18.0 Å². The SMILES string of the molecule is CC(C)(C)OC(=O)c1c(N2CCCC(F)(F)CC2)ncc(Cl)c1F. The Morgan fingerprint density at radius 3 is 2.62 bits per heavy atom. The van der Waals surface area contributed by atoms with Crippen molar-refractivity contribution in [2.24, 2.45) is 0 Å². The molecular weight excluding hydrogens is 345 g/mol. The quantitative estimate of drug-likeness (QED) is 0.727. The number of pyridine rings is 1. The van der Waals surface area contributed by atoms with E-state index in [2.05, 4.69) is 4.98 Å². The number of aromatic nitrogens is 1. The van der Waals surface area contributed by atoms with E-state index in [1.807, 2.05) is 0 Å². The molecule has 2 rings (SSSR count). The van der Waals surface area contributed by atoms with Gasteiger partial charge in [0.25, 0.3) is 0 Å². The van der Waals surface area contributed by atoms with Gasteiger partial charge in [-0.15, -0.1) is 0 Å². The first-order chi connectivity index (χ1) is 11.0. The minimum atomic E-state index is -2.77. The Morgan fingerprint density at radius 2 is 2.00 bits per heavy atom. The van der Waals surface area contributed by atoms with Gasteiger partial charge in [-0.2, -0.15) is 0 Å². The molecule has 0 unspecified atom stereocenters. The smallest absolute Gasteiger partial charge is 0.345 e. The van der Waals surface area contributed by atoms with Crippen LogP contribution in [0.3, 0.4) is 0 Å². The predicted molar refractivity (Wildman–Crippen MR) is 85.4 cm³/mol. The number of ether oxygens (including phenoxy) is 1. The Bertz CT molecular complexity index is 632. The van der Waals surface area contributed by atoms with Gasteiger partial charge in [0, 0.05) is 25.9 Å². The minimum absolute atomic E-state index is 0.0103. The van der Waals surface area contributed by atoms with E-state index in [1.165, 1.54) is 4.90 Å². The van der Waals surface area contributed by atoms with Crippen LogP contribution in [0.1, 0.15) is 50.4 Å². The second kappa shape index (κ2) is 6.78. The van der Waals surface area contributed by atoms with E-state index >= 15 is 0 Å². The number of carbonyl (C=O) groups is 1. The predicted octanol–water partition coefficient (Wildman–Crippen LogP) is 4.46. The van der Waals surface area contributed by atoms with Gasteiger partial charge < -0.3 is 9.64 Å². The van der Waals surface area contributed by atoms with E-state index in [4.69, 9.17) is 16.3 Å². The van der Waals surface area contributed by atoms with Crippen LogP contribution in [0.15, 0.2) is 6.20 Å². The first-order valence-corrected chi connectivity index (χ1v) is 8.08. The Labute approximate surface area is 143 Å². The van der Waals surface area contributed by atoms with E-state index in [9.17, 15) is 18.0 Å². The molecule has 1 aromatic heterocycles. The highest BCUT2D eigenvalue weighted by molar-refractivity contribution is 6.31. The molecule has 1 aliphatic heterocycles. The molecule has 24 heavy (non-hydrogen) atoms. The molecule has 1 saturated heterocycles. The first-order valence-electron chi connectivity index (χ1n) is 7.70. The summed E-state index contributed by atoms with van der Waals surface area (Å²) in [5.41, 5.74) is -1.25.